The number of para-hydroxylation sites is 1. The molecular formula is C15H13NO2. The van der Waals surface area contributed by atoms with Crippen LogP contribution in [0.3, 0.4) is 0 Å². The van der Waals surface area contributed by atoms with Gasteiger partial charge in [0.05, 0.1) is 0 Å². The minimum atomic E-state index is -0.851. The maximum atomic E-state index is 11.9. The van der Waals surface area contributed by atoms with E-state index in [2.05, 4.69) is 18.1 Å². The average Bonchev–Trinajstić information content (AvgIpc) is 2.82. The minimum Gasteiger partial charge on any atom is -0.361 e. The summed E-state index contributed by atoms with van der Waals surface area (Å²) in [4.78, 5) is 26.8. The number of hydrogen-bond acceptors (Lipinski definition) is 2. The molecule has 2 rings (SSSR count). The SMILES string of the molecule is C=CC(=O)C(C(=O)C=C)c1c[nH]c2ccccc12. The molecule has 0 aliphatic rings. The summed E-state index contributed by atoms with van der Waals surface area (Å²) < 4.78 is 0. The number of ketones is 2. The van der Waals surface area contributed by atoms with Gasteiger partial charge in [-0.25, -0.2) is 0 Å². The van der Waals surface area contributed by atoms with Gasteiger partial charge in [-0.3, -0.25) is 9.59 Å². The van der Waals surface area contributed by atoms with Crippen molar-refractivity contribution in [1.29, 1.82) is 0 Å². The van der Waals surface area contributed by atoms with Crippen LogP contribution >= 0.6 is 0 Å². The van der Waals surface area contributed by atoms with Gasteiger partial charge in [0, 0.05) is 17.1 Å². The van der Waals surface area contributed by atoms with Gasteiger partial charge in [-0.1, -0.05) is 31.4 Å². The molecule has 0 atom stereocenters. The quantitative estimate of drug-likeness (QED) is 0.644. The Kier molecular flexibility index (Phi) is 3.24. The molecule has 0 saturated carbocycles. The van der Waals surface area contributed by atoms with Gasteiger partial charge in [0.2, 0.25) is 0 Å². The molecule has 0 bridgehead atoms. The van der Waals surface area contributed by atoms with Crippen LogP contribution in [0.5, 0.6) is 0 Å². The van der Waals surface area contributed by atoms with Crippen molar-refractivity contribution in [3.63, 3.8) is 0 Å². The molecule has 0 fully saturated rings. The van der Waals surface area contributed by atoms with Crippen LogP contribution in [0.2, 0.25) is 0 Å². The van der Waals surface area contributed by atoms with E-state index in [1.165, 1.54) is 12.2 Å². The number of carbonyl (C=O) groups is 2. The Hall–Kier alpha value is -2.42. The fraction of sp³-hybridized carbons (Fsp3) is 0.0667. The first-order valence-corrected chi connectivity index (χ1v) is 5.57. The molecule has 1 N–H and O–H groups in total. The third kappa shape index (κ3) is 1.91. The largest absolute Gasteiger partial charge is 0.361 e. The molecule has 1 aromatic heterocycles. The second-order valence-corrected chi connectivity index (χ2v) is 3.94. The van der Waals surface area contributed by atoms with Crippen molar-refractivity contribution in [1.82, 2.24) is 4.98 Å². The Morgan fingerprint density at radius 3 is 2.33 bits per heavy atom. The van der Waals surface area contributed by atoms with Crippen molar-refractivity contribution >= 4 is 22.5 Å². The summed E-state index contributed by atoms with van der Waals surface area (Å²) in [6, 6.07) is 7.53. The third-order valence-corrected chi connectivity index (χ3v) is 2.90. The number of H-pyrrole nitrogens is 1. The van der Waals surface area contributed by atoms with Gasteiger partial charge >= 0.3 is 0 Å². The Morgan fingerprint density at radius 2 is 1.72 bits per heavy atom. The van der Waals surface area contributed by atoms with E-state index in [-0.39, 0.29) is 11.6 Å². The lowest BCUT2D eigenvalue weighted by Gasteiger charge is -2.09. The van der Waals surface area contributed by atoms with E-state index in [1.54, 1.807) is 6.20 Å². The monoisotopic (exact) mass is 239 g/mol. The molecule has 3 nitrogen and oxygen atoms in total. The molecule has 1 heterocycles. The van der Waals surface area contributed by atoms with Crippen LogP contribution in [0.1, 0.15) is 11.5 Å². The Balaban J connectivity index is 2.61. The number of aromatic amines is 1. The maximum Gasteiger partial charge on any atom is 0.170 e. The molecule has 90 valence electrons. The topological polar surface area (TPSA) is 49.9 Å². The first-order valence-electron chi connectivity index (χ1n) is 5.57. The molecule has 0 aliphatic heterocycles. The summed E-state index contributed by atoms with van der Waals surface area (Å²) in [6.07, 6.45) is 4.04. The molecule has 0 aliphatic carbocycles. The first kappa shape index (κ1) is 12.0. The van der Waals surface area contributed by atoms with Gasteiger partial charge in [0.25, 0.3) is 0 Å². The summed E-state index contributed by atoms with van der Waals surface area (Å²) in [6.45, 7) is 6.88. The Labute approximate surface area is 105 Å². The summed E-state index contributed by atoms with van der Waals surface area (Å²) in [7, 11) is 0. The fourth-order valence-electron chi connectivity index (χ4n) is 2.02. The van der Waals surface area contributed by atoms with Crippen LogP contribution in [0.15, 0.2) is 55.8 Å². The zero-order valence-corrected chi connectivity index (χ0v) is 9.85. The summed E-state index contributed by atoms with van der Waals surface area (Å²) in [5, 5.41) is 0.868. The van der Waals surface area contributed by atoms with E-state index < -0.39 is 5.92 Å². The highest BCUT2D eigenvalue weighted by Gasteiger charge is 2.26. The number of nitrogens with one attached hydrogen (secondary N) is 1. The van der Waals surface area contributed by atoms with Crippen LogP contribution in [0.25, 0.3) is 10.9 Å². The molecule has 2 aromatic rings. The summed E-state index contributed by atoms with van der Waals surface area (Å²) in [5.41, 5.74) is 1.56. The van der Waals surface area contributed by atoms with E-state index in [9.17, 15) is 9.59 Å². The van der Waals surface area contributed by atoms with Crippen LogP contribution in [0.4, 0.5) is 0 Å². The molecule has 0 radical (unpaired) electrons. The predicted octanol–water partition coefficient (Wildman–Crippen LogP) is 2.76. The number of rotatable bonds is 5. The van der Waals surface area contributed by atoms with Crippen molar-refractivity contribution in [2.75, 3.05) is 0 Å². The van der Waals surface area contributed by atoms with Crippen molar-refractivity contribution in [3.8, 4) is 0 Å². The molecule has 3 heteroatoms. The molecule has 0 spiro atoms. The number of hydrogen-bond donors (Lipinski definition) is 1. The van der Waals surface area contributed by atoms with Gasteiger partial charge in [-0.15, -0.1) is 0 Å². The number of aromatic nitrogens is 1. The lowest BCUT2D eigenvalue weighted by atomic mass is 9.90. The number of allylic oxidation sites excluding steroid dienone is 2. The standard InChI is InChI=1S/C15H13NO2/c1-3-13(17)15(14(18)4-2)11-9-16-12-8-6-5-7-10(11)12/h3-9,15-16H,1-2H2. The van der Waals surface area contributed by atoms with Gasteiger partial charge < -0.3 is 4.98 Å². The number of fused-ring (bicyclic) bond motifs is 1. The van der Waals surface area contributed by atoms with E-state index in [1.807, 2.05) is 24.3 Å². The lowest BCUT2D eigenvalue weighted by Crippen LogP contribution is -2.18. The summed E-state index contributed by atoms with van der Waals surface area (Å²) in [5.74, 6) is -1.48. The molecule has 1 aromatic carbocycles. The lowest BCUT2D eigenvalue weighted by molar-refractivity contribution is -0.124. The zero-order valence-electron chi connectivity index (χ0n) is 9.85. The number of benzene rings is 1. The highest BCUT2D eigenvalue weighted by Crippen LogP contribution is 2.27. The highest BCUT2D eigenvalue weighted by atomic mass is 16.1. The molecule has 0 amide bonds. The van der Waals surface area contributed by atoms with E-state index in [0.717, 1.165) is 10.9 Å². The van der Waals surface area contributed by atoms with Crippen LogP contribution in [-0.2, 0) is 9.59 Å². The van der Waals surface area contributed by atoms with Gasteiger partial charge in [-0.05, 0) is 23.8 Å². The molecule has 18 heavy (non-hydrogen) atoms. The third-order valence-electron chi connectivity index (χ3n) is 2.90. The van der Waals surface area contributed by atoms with Gasteiger partial charge in [-0.2, -0.15) is 0 Å². The van der Waals surface area contributed by atoms with E-state index in [4.69, 9.17) is 0 Å². The van der Waals surface area contributed by atoms with Crippen LogP contribution in [-0.4, -0.2) is 16.6 Å². The molecular weight excluding hydrogens is 226 g/mol. The molecule has 0 saturated heterocycles. The zero-order chi connectivity index (χ0) is 13.1. The second-order valence-electron chi connectivity index (χ2n) is 3.94. The van der Waals surface area contributed by atoms with Gasteiger partial charge in [0.15, 0.2) is 11.6 Å². The van der Waals surface area contributed by atoms with Crippen LogP contribution in [0, 0.1) is 0 Å². The Morgan fingerprint density at radius 1 is 1.11 bits per heavy atom. The highest BCUT2D eigenvalue weighted by molar-refractivity contribution is 6.17. The fourth-order valence-corrected chi connectivity index (χ4v) is 2.02. The predicted molar refractivity (Wildman–Crippen MR) is 71.4 cm³/mol. The first-order chi connectivity index (χ1) is 8.69. The van der Waals surface area contributed by atoms with E-state index in [0.29, 0.717) is 5.56 Å². The van der Waals surface area contributed by atoms with E-state index >= 15 is 0 Å². The van der Waals surface area contributed by atoms with Gasteiger partial charge in [0.1, 0.15) is 5.92 Å². The van der Waals surface area contributed by atoms with Crippen LogP contribution < -0.4 is 0 Å². The Bertz CT molecular complexity index is 617. The second kappa shape index (κ2) is 4.84. The van der Waals surface area contributed by atoms with Crippen molar-refractivity contribution in [2.24, 2.45) is 0 Å². The van der Waals surface area contributed by atoms with Crippen molar-refractivity contribution in [3.05, 3.63) is 61.3 Å². The number of carbonyl (C=O) groups excluding carboxylic acids is 2. The normalized spacial score (nSPS) is 10.5. The smallest absolute Gasteiger partial charge is 0.170 e. The molecule has 0 unspecified atom stereocenters. The van der Waals surface area contributed by atoms with Crippen molar-refractivity contribution in [2.45, 2.75) is 5.92 Å². The van der Waals surface area contributed by atoms with Crippen molar-refractivity contribution < 1.29 is 9.59 Å². The average molecular weight is 239 g/mol. The maximum absolute atomic E-state index is 11.9. The minimum absolute atomic E-state index is 0.315. The summed E-state index contributed by atoms with van der Waals surface area (Å²) >= 11 is 0.